The lowest BCUT2D eigenvalue weighted by Crippen LogP contribution is -2.49. The molecule has 1 aliphatic heterocycles. The first-order valence-electron chi connectivity index (χ1n) is 8.51. The maximum atomic E-state index is 13.2. The largest absolute Gasteiger partial charge is 0.300 e. The molecule has 0 unspecified atom stereocenters. The molecule has 0 atom stereocenters. The Balaban J connectivity index is 1.51. The summed E-state index contributed by atoms with van der Waals surface area (Å²) in [6.45, 7) is 3.38. The van der Waals surface area contributed by atoms with Gasteiger partial charge in [-0.15, -0.1) is 0 Å². The second-order valence-electron chi connectivity index (χ2n) is 6.36. The summed E-state index contributed by atoms with van der Waals surface area (Å²) in [7, 11) is -3.40. The van der Waals surface area contributed by atoms with Crippen LogP contribution in [0.1, 0.15) is 11.1 Å². The third-order valence-electron chi connectivity index (χ3n) is 4.52. The molecular formula is C19H23FN2O2S. The van der Waals surface area contributed by atoms with E-state index in [1.807, 2.05) is 18.2 Å². The molecule has 0 N–H and O–H groups in total. The van der Waals surface area contributed by atoms with Crippen molar-refractivity contribution in [3.8, 4) is 0 Å². The summed E-state index contributed by atoms with van der Waals surface area (Å²) in [6, 6.07) is 16.1. The molecule has 6 heteroatoms. The molecular weight excluding hydrogens is 339 g/mol. The van der Waals surface area contributed by atoms with E-state index in [1.165, 1.54) is 22.0 Å². The second-order valence-corrected chi connectivity index (χ2v) is 8.33. The van der Waals surface area contributed by atoms with Crippen LogP contribution in [0.3, 0.4) is 0 Å². The quantitative estimate of drug-likeness (QED) is 0.793. The van der Waals surface area contributed by atoms with E-state index in [1.54, 1.807) is 12.1 Å². The molecule has 2 aromatic carbocycles. The Bertz CT molecular complexity index is 788. The first-order valence-corrected chi connectivity index (χ1v) is 10.1. The molecule has 1 heterocycles. The van der Waals surface area contributed by atoms with Crippen LogP contribution in [0.15, 0.2) is 54.6 Å². The molecule has 3 rings (SSSR count). The predicted octanol–water partition coefficient (Wildman–Crippen LogP) is 2.52. The van der Waals surface area contributed by atoms with Crippen LogP contribution in [0, 0.1) is 5.82 Å². The Morgan fingerprint density at radius 2 is 1.56 bits per heavy atom. The number of hydrogen-bond acceptors (Lipinski definition) is 3. The fourth-order valence-electron chi connectivity index (χ4n) is 3.09. The molecule has 4 nitrogen and oxygen atoms in total. The first kappa shape index (κ1) is 18.0. The Morgan fingerprint density at radius 1 is 0.880 bits per heavy atom. The summed E-state index contributed by atoms with van der Waals surface area (Å²) in [5.41, 5.74) is 1.79. The minimum absolute atomic E-state index is 0.144. The summed E-state index contributed by atoms with van der Waals surface area (Å²) in [4.78, 5) is 2.29. The van der Waals surface area contributed by atoms with E-state index < -0.39 is 15.8 Å². The van der Waals surface area contributed by atoms with E-state index >= 15 is 0 Å². The van der Waals surface area contributed by atoms with Crippen molar-refractivity contribution in [2.45, 2.75) is 12.2 Å². The van der Waals surface area contributed by atoms with Gasteiger partial charge < -0.3 is 4.90 Å². The van der Waals surface area contributed by atoms with Crippen LogP contribution >= 0.6 is 0 Å². The van der Waals surface area contributed by atoms with Crippen molar-refractivity contribution in [2.75, 3.05) is 32.7 Å². The highest BCUT2D eigenvalue weighted by Crippen LogP contribution is 2.15. The molecule has 134 valence electrons. The third-order valence-corrected chi connectivity index (χ3v) is 6.37. The van der Waals surface area contributed by atoms with Gasteiger partial charge in [-0.25, -0.2) is 12.8 Å². The van der Waals surface area contributed by atoms with Crippen LogP contribution in [0.25, 0.3) is 0 Å². The first-order chi connectivity index (χ1) is 12.0. The van der Waals surface area contributed by atoms with Crippen molar-refractivity contribution in [3.63, 3.8) is 0 Å². The molecule has 1 fully saturated rings. The zero-order valence-electron chi connectivity index (χ0n) is 14.1. The van der Waals surface area contributed by atoms with Crippen molar-refractivity contribution < 1.29 is 12.8 Å². The average molecular weight is 362 g/mol. The number of hydrogen-bond donors (Lipinski definition) is 0. The van der Waals surface area contributed by atoms with Crippen molar-refractivity contribution in [1.29, 1.82) is 0 Å². The zero-order chi connectivity index (χ0) is 17.7. The van der Waals surface area contributed by atoms with Gasteiger partial charge in [0.25, 0.3) is 0 Å². The minimum Gasteiger partial charge on any atom is -0.300 e. The average Bonchev–Trinajstić information content (AvgIpc) is 2.61. The van der Waals surface area contributed by atoms with Gasteiger partial charge in [0, 0.05) is 32.7 Å². The zero-order valence-corrected chi connectivity index (χ0v) is 15.0. The number of rotatable bonds is 6. The molecule has 0 aliphatic carbocycles. The molecule has 0 saturated carbocycles. The standard InChI is InChI=1S/C19H23FN2O2S/c20-19-8-4-7-18(15-19)16-25(23,24)22-13-11-21(12-14-22)10-9-17-5-2-1-3-6-17/h1-8,15H,9-14,16H2. The van der Waals surface area contributed by atoms with Crippen LogP contribution < -0.4 is 0 Å². The predicted molar refractivity (Wildman–Crippen MR) is 97.2 cm³/mol. The molecule has 0 radical (unpaired) electrons. The monoisotopic (exact) mass is 362 g/mol. The third kappa shape index (κ3) is 5.11. The molecule has 0 bridgehead atoms. The number of piperazine rings is 1. The van der Waals surface area contributed by atoms with Crippen LogP contribution in [0.2, 0.25) is 0 Å². The van der Waals surface area contributed by atoms with Crippen LogP contribution in [0.5, 0.6) is 0 Å². The van der Waals surface area contributed by atoms with Gasteiger partial charge in [-0.2, -0.15) is 4.31 Å². The van der Waals surface area contributed by atoms with Crippen molar-refractivity contribution in [3.05, 3.63) is 71.5 Å². The molecule has 0 aromatic heterocycles. The van der Waals surface area contributed by atoms with Gasteiger partial charge in [-0.1, -0.05) is 42.5 Å². The van der Waals surface area contributed by atoms with Crippen LogP contribution in [-0.4, -0.2) is 50.3 Å². The normalized spacial score (nSPS) is 16.8. The van der Waals surface area contributed by atoms with E-state index in [2.05, 4.69) is 17.0 Å². The molecule has 1 aliphatic rings. The van der Waals surface area contributed by atoms with Gasteiger partial charge in [0.15, 0.2) is 0 Å². The van der Waals surface area contributed by atoms with Gasteiger partial charge in [0.2, 0.25) is 10.0 Å². The van der Waals surface area contributed by atoms with E-state index in [-0.39, 0.29) is 5.75 Å². The highest BCUT2D eigenvalue weighted by molar-refractivity contribution is 7.88. The Labute approximate surface area is 148 Å². The fraction of sp³-hybridized carbons (Fsp3) is 0.368. The smallest absolute Gasteiger partial charge is 0.218 e. The summed E-state index contributed by atoms with van der Waals surface area (Å²) < 4.78 is 39.8. The summed E-state index contributed by atoms with van der Waals surface area (Å²) in [6.07, 6.45) is 0.969. The Morgan fingerprint density at radius 3 is 2.24 bits per heavy atom. The van der Waals surface area contributed by atoms with Crippen LogP contribution in [0.4, 0.5) is 4.39 Å². The molecule has 0 amide bonds. The SMILES string of the molecule is O=S(=O)(Cc1cccc(F)c1)N1CCN(CCc2ccccc2)CC1. The van der Waals surface area contributed by atoms with Gasteiger partial charge >= 0.3 is 0 Å². The minimum atomic E-state index is -3.40. The molecule has 0 spiro atoms. The molecule has 25 heavy (non-hydrogen) atoms. The maximum Gasteiger partial charge on any atom is 0.218 e. The number of sulfonamides is 1. The number of benzene rings is 2. The van der Waals surface area contributed by atoms with Gasteiger partial charge in [-0.05, 0) is 29.7 Å². The van der Waals surface area contributed by atoms with Crippen LogP contribution in [-0.2, 0) is 22.2 Å². The van der Waals surface area contributed by atoms with Crippen molar-refractivity contribution in [1.82, 2.24) is 9.21 Å². The van der Waals surface area contributed by atoms with Gasteiger partial charge in [0.05, 0.1) is 5.75 Å². The van der Waals surface area contributed by atoms with Crippen molar-refractivity contribution >= 4 is 10.0 Å². The van der Waals surface area contributed by atoms with E-state index in [0.717, 1.165) is 26.1 Å². The Kier molecular flexibility index (Phi) is 5.83. The second kappa shape index (κ2) is 8.08. The summed E-state index contributed by atoms with van der Waals surface area (Å²) in [5, 5.41) is 0. The number of halogens is 1. The van der Waals surface area contributed by atoms with E-state index in [0.29, 0.717) is 18.7 Å². The van der Waals surface area contributed by atoms with E-state index in [4.69, 9.17) is 0 Å². The molecule has 2 aromatic rings. The number of nitrogens with zero attached hydrogens (tertiary/aromatic N) is 2. The Hall–Kier alpha value is -1.76. The van der Waals surface area contributed by atoms with Gasteiger partial charge in [-0.3, -0.25) is 0 Å². The molecule has 1 saturated heterocycles. The summed E-state index contributed by atoms with van der Waals surface area (Å²) in [5.74, 6) is -0.548. The lowest BCUT2D eigenvalue weighted by molar-refractivity contribution is 0.190. The summed E-state index contributed by atoms with van der Waals surface area (Å²) >= 11 is 0. The topological polar surface area (TPSA) is 40.6 Å². The van der Waals surface area contributed by atoms with Gasteiger partial charge in [0.1, 0.15) is 5.82 Å². The van der Waals surface area contributed by atoms with E-state index in [9.17, 15) is 12.8 Å². The lowest BCUT2D eigenvalue weighted by Gasteiger charge is -2.34. The van der Waals surface area contributed by atoms with Crippen molar-refractivity contribution in [2.24, 2.45) is 0 Å². The highest BCUT2D eigenvalue weighted by atomic mass is 32.2. The highest BCUT2D eigenvalue weighted by Gasteiger charge is 2.27. The lowest BCUT2D eigenvalue weighted by atomic mass is 10.1. The fourth-order valence-corrected chi connectivity index (χ4v) is 4.59. The maximum absolute atomic E-state index is 13.2.